The van der Waals surface area contributed by atoms with Gasteiger partial charge in [0.1, 0.15) is 0 Å². The van der Waals surface area contributed by atoms with Gasteiger partial charge in [0, 0.05) is 36.7 Å². The Hall–Kier alpha value is -1.33. The number of aromatic nitrogens is 1. The maximum Gasteiger partial charge on any atom is 0.154 e. The second-order valence-corrected chi connectivity index (χ2v) is 8.31. The summed E-state index contributed by atoms with van der Waals surface area (Å²) in [7, 11) is -0.788. The minimum atomic E-state index is -2.86. The topological polar surface area (TPSA) is 51.1 Å². The minimum absolute atomic E-state index is 0.201. The summed E-state index contributed by atoms with van der Waals surface area (Å²) in [5, 5.41) is 4.41. The van der Waals surface area contributed by atoms with Crippen molar-refractivity contribution < 1.29 is 8.42 Å². The maximum absolute atomic E-state index is 11.8. The average Bonchev–Trinajstić information content (AvgIpc) is 2.92. The van der Waals surface area contributed by atoms with E-state index < -0.39 is 9.84 Å². The molecule has 0 radical (unpaired) electrons. The van der Waals surface area contributed by atoms with Crippen molar-refractivity contribution in [1.82, 2.24) is 9.88 Å². The molecular formula is C16H22N2O2S. The van der Waals surface area contributed by atoms with E-state index in [1.54, 1.807) is 0 Å². The summed E-state index contributed by atoms with van der Waals surface area (Å²) in [6, 6.07) is 8.35. The molecule has 1 aromatic heterocycles. The number of nitrogens with zero attached hydrogens (tertiary/aromatic N) is 1. The molecule has 5 heteroatoms. The molecule has 0 amide bonds. The van der Waals surface area contributed by atoms with Crippen LogP contribution in [0.15, 0.2) is 24.3 Å². The van der Waals surface area contributed by atoms with Gasteiger partial charge in [-0.15, -0.1) is 0 Å². The molecule has 1 fully saturated rings. The lowest BCUT2D eigenvalue weighted by atomic mass is 10.1. The first-order chi connectivity index (χ1) is 10.0. The molecule has 1 aromatic carbocycles. The van der Waals surface area contributed by atoms with Crippen molar-refractivity contribution in [1.29, 1.82) is 0 Å². The summed E-state index contributed by atoms with van der Waals surface area (Å²) in [5.41, 5.74) is 3.72. The molecule has 1 aliphatic heterocycles. The van der Waals surface area contributed by atoms with Crippen molar-refractivity contribution in [3.63, 3.8) is 0 Å². The normalized spacial score (nSPS) is 21.1. The molecule has 2 aromatic rings. The van der Waals surface area contributed by atoms with Crippen LogP contribution < -0.4 is 5.32 Å². The first-order valence-corrected chi connectivity index (χ1v) is 9.17. The summed E-state index contributed by atoms with van der Waals surface area (Å²) in [6.45, 7) is 3.40. The van der Waals surface area contributed by atoms with E-state index in [1.165, 1.54) is 22.2 Å². The van der Waals surface area contributed by atoms with Crippen molar-refractivity contribution in [2.45, 2.75) is 31.6 Å². The third kappa shape index (κ3) is 2.60. The van der Waals surface area contributed by atoms with Gasteiger partial charge in [-0.05, 0) is 31.4 Å². The predicted octanol–water partition coefficient (Wildman–Crippen LogP) is 2.15. The van der Waals surface area contributed by atoms with E-state index in [1.807, 2.05) is 6.07 Å². The highest BCUT2D eigenvalue weighted by molar-refractivity contribution is 7.92. The molecule has 1 aliphatic rings. The first kappa shape index (κ1) is 14.6. The van der Waals surface area contributed by atoms with Crippen molar-refractivity contribution in [3.05, 3.63) is 35.5 Å². The highest BCUT2D eigenvalue weighted by Crippen LogP contribution is 2.24. The lowest BCUT2D eigenvalue weighted by molar-refractivity contribution is 0.570. The van der Waals surface area contributed by atoms with Gasteiger partial charge < -0.3 is 9.88 Å². The molecule has 3 rings (SSSR count). The fourth-order valence-corrected chi connectivity index (χ4v) is 5.13. The number of sulfone groups is 1. The van der Waals surface area contributed by atoms with E-state index in [9.17, 15) is 8.42 Å². The zero-order valence-corrected chi connectivity index (χ0v) is 13.4. The van der Waals surface area contributed by atoms with Crippen molar-refractivity contribution in [2.75, 3.05) is 12.3 Å². The maximum atomic E-state index is 11.8. The third-order valence-electron chi connectivity index (χ3n) is 4.63. The molecule has 4 nitrogen and oxygen atoms in total. The molecule has 0 bridgehead atoms. The Morgan fingerprint density at radius 3 is 2.76 bits per heavy atom. The number of fused-ring (bicyclic) bond motifs is 1. The number of benzene rings is 1. The average molecular weight is 306 g/mol. The smallest absolute Gasteiger partial charge is 0.154 e. The van der Waals surface area contributed by atoms with Crippen LogP contribution in [0.1, 0.15) is 24.1 Å². The number of para-hydroxylation sites is 1. The van der Waals surface area contributed by atoms with Crippen LogP contribution in [0.3, 0.4) is 0 Å². The van der Waals surface area contributed by atoms with E-state index in [-0.39, 0.29) is 5.25 Å². The number of hydrogen-bond donors (Lipinski definition) is 1. The molecular weight excluding hydrogens is 284 g/mol. The lowest BCUT2D eigenvalue weighted by Gasteiger charge is -2.12. The van der Waals surface area contributed by atoms with E-state index in [0.29, 0.717) is 18.8 Å². The van der Waals surface area contributed by atoms with E-state index in [2.05, 4.69) is 42.1 Å². The second kappa shape index (κ2) is 5.46. The largest absolute Gasteiger partial charge is 0.346 e. The number of hydrogen-bond acceptors (Lipinski definition) is 3. The molecule has 1 atom stereocenters. The van der Waals surface area contributed by atoms with E-state index in [4.69, 9.17) is 0 Å². The summed E-state index contributed by atoms with van der Waals surface area (Å²) in [6.07, 6.45) is 1.60. The highest BCUT2D eigenvalue weighted by Gasteiger charge is 2.30. The van der Waals surface area contributed by atoms with Crippen LogP contribution in [0, 0.1) is 6.92 Å². The van der Waals surface area contributed by atoms with Crippen molar-refractivity contribution >= 4 is 20.7 Å². The van der Waals surface area contributed by atoms with Gasteiger partial charge in [0.25, 0.3) is 0 Å². The summed E-state index contributed by atoms with van der Waals surface area (Å²) >= 11 is 0. The Kier molecular flexibility index (Phi) is 3.80. The SMILES string of the molecule is Cc1c(CNCC2CCCS2(=O)=O)n(C)c2ccccc12. The molecule has 1 unspecified atom stereocenters. The molecule has 21 heavy (non-hydrogen) atoms. The van der Waals surface area contributed by atoms with Crippen LogP contribution in [-0.4, -0.2) is 30.5 Å². The van der Waals surface area contributed by atoms with Gasteiger partial charge in [-0.1, -0.05) is 18.2 Å². The number of nitrogens with one attached hydrogen (secondary N) is 1. The molecule has 2 heterocycles. The summed E-state index contributed by atoms with van der Waals surface area (Å²) in [4.78, 5) is 0. The van der Waals surface area contributed by atoms with Gasteiger partial charge >= 0.3 is 0 Å². The minimum Gasteiger partial charge on any atom is -0.346 e. The van der Waals surface area contributed by atoms with Gasteiger partial charge in [-0.25, -0.2) is 8.42 Å². The standard InChI is InChI=1S/C16H22N2O2S/c1-12-14-7-3-4-8-15(14)18(2)16(12)11-17-10-13-6-5-9-21(13,19)20/h3-4,7-8,13,17H,5-6,9-11H2,1-2H3. The first-order valence-electron chi connectivity index (χ1n) is 7.46. The molecule has 114 valence electrons. The van der Waals surface area contributed by atoms with Crippen molar-refractivity contribution in [3.8, 4) is 0 Å². The van der Waals surface area contributed by atoms with Gasteiger partial charge in [0.15, 0.2) is 9.84 Å². The summed E-state index contributed by atoms with van der Waals surface area (Å²) < 4.78 is 25.9. The van der Waals surface area contributed by atoms with Crippen molar-refractivity contribution in [2.24, 2.45) is 7.05 Å². The quantitative estimate of drug-likeness (QED) is 0.941. The Balaban J connectivity index is 1.74. The monoisotopic (exact) mass is 306 g/mol. The molecule has 0 spiro atoms. The lowest BCUT2D eigenvalue weighted by Crippen LogP contribution is -2.30. The van der Waals surface area contributed by atoms with Crippen LogP contribution in [0.5, 0.6) is 0 Å². The molecule has 1 N–H and O–H groups in total. The number of aryl methyl sites for hydroxylation is 2. The van der Waals surface area contributed by atoms with Crippen LogP contribution in [0.25, 0.3) is 10.9 Å². The molecule has 1 saturated heterocycles. The fourth-order valence-electron chi connectivity index (χ4n) is 3.33. The predicted molar refractivity (Wildman–Crippen MR) is 86.2 cm³/mol. The van der Waals surface area contributed by atoms with Gasteiger partial charge in [-0.3, -0.25) is 0 Å². The Labute approximate surface area is 126 Å². The fraction of sp³-hybridized carbons (Fsp3) is 0.500. The second-order valence-electron chi connectivity index (χ2n) is 5.91. The van der Waals surface area contributed by atoms with Gasteiger partial charge in [0.05, 0.1) is 11.0 Å². The van der Waals surface area contributed by atoms with Crippen LogP contribution >= 0.6 is 0 Å². The number of rotatable bonds is 4. The Morgan fingerprint density at radius 1 is 1.33 bits per heavy atom. The molecule has 0 saturated carbocycles. The van der Waals surface area contributed by atoms with Gasteiger partial charge in [-0.2, -0.15) is 0 Å². The highest BCUT2D eigenvalue weighted by atomic mass is 32.2. The summed E-state index contributed by atoms with van der Waals surface area (Å²) in [5.74, 6) is 0.354. The van der Waals surface area contributed by atoms with Crippen LogP contribution in [0.4, 0.5) is 0 Å². The van der Waals surface area contributed by atoms with Crippen LogP contribution in [0.2, 0.25) is 0 Å². The van der Waals surface area contributed by atoms with E-state index in [0.717, 1.165) is 12.8 Å². The Bertz CT molecular complexity index is 723. The zero-order chi connectivity index (χ0) is 15.0. The zero-order valence-electron chi connectivity index (χ0n) is 12.6. The van der Waals surface area contributed by atoms with E-state index >= 15 is 0 Å². The van der Waals surface area contributed by atoms with Crippen LogP contribution in [-0.2, 0) is 23.4 Å². The Morgan fingerprint density at radius 2 is 2.10 bits per heavy atom. The third-order valence-corrected chi connectivity index (χ3v) is 6.91. The van der Waals surface area contributed by atoms with Gasteiger partial charge in [0.2, 0.25) is 0 Å². The molecule has 0 aliphatic carbocycles.